The second kappa shape index (κ2) is 13.0. The molecule has 210 valence electrons. The van der Waals surface area contributed by atoms with Crippen LogP contribution in [-0.4, -0.2) is 76.2 Å². The molecule has 10 heteroatoms. The molecule has 40 heavy (non-hydrogen) atoms. The number of hydrogen-bond donors (Lipinski definition) is 0. The van der Waals surface area contributed by atoms with Crippen molar-refractivity contribution in [3.63, 3.8) is 0 Å². The molecule has 1 aliphatic heterocycles. The SMILES string of the molecule is COc1ccc(/C(=C/C(=O)N2CCN(C(=O)c3cc(OC)c(OC)c(OC)c3)CC2)c2c(Cl)cccc2Cl)cc1. The van der Waals surface area contributed by atoms with Gasteiger partial charge in [-0.05, 0) is 47.5 Å². The van der Waals surface area contributed by atoms with Gasteiger partial charge in [0.1, 0.15) is 5.75 Å². The maximum absolute atomic E-state index is 13.5. The standard InChI is InChI=1S/C30H30Cl2N2O6/c1-37-21-10-8-19(9-11-21)22(28-23(31)6-5-7-24(28)32)18-27(35)33-12-14-34(15-13-33)30(36)20-16-25(38-2)29(40-4)26(17-20)39-3/h5-11,16-18H,12-15H2,1-4H3/b22-18-. The highest BCUT2D eigenvalue weighted by Crippen LogP contribution is 2.39. The van der Waals surface area contributed by atoms with E-state index in [-0.39, 0.29) is 11.8 Å². The lowest BCUT2D eigenvalue weighted by molar-refractivity contribution is -0.127. The Balaban J connectivity index is 1.55. The topological polar surface area (TPSA) is 77.5 Å². The minimum atomic E-state index is -0.207. The van der Waals surface area contributed by atoms with Crippen LogP contribution < -0.4 is 18.9 Å². The monoisotopic (exact) mass is 584 g/mol. The number of halogens is 2. The summed E-state index contributed by atoms with van der Waals surface area (Å²) in [6.07, 6.45) is 1.55. The fourth-order valence-corrected chi connectivity index (χ4v) is 5.16. The zero-order valence-corrected chi connectivity index (χ0v) is 24.2. The predicted molar refractivity (Wildman–Crippen MR) is 155 cm³/mol. The van der Waals surface area contributed by atoms with Gasteiger partial charge in [-0.15, -0.1) is 0 Å². The van der Waals surface area contributed by atoms with Crippen molar-refractivity contribution in [2.75, 3.05) is 54.6 Å². The van der Waals surface area contributed by atoms with Gasteiger partial charge in [0, 0.05) is 53.4 Å². The van der Waals surface area contributed by atoms with E-state index in [2.05, 4.69) is 0 Å². The molecule has 1 fully saturated rings. The predicted octanol–water partition coefficient (Wildman–Crippen LogP) is 5.44. The molecule has 3 aromatic rings. The number of carbonyl (C=O) groups excluding carboxylic acids is 2. The van der Waals surface area contributed by atoms with Crippen LogP contribution in [0.2, 0.25) is 10.0 Å². The summed E-state index contributed by atoms with van der Waals surface area (Å²) < 4.78 is 21.4. The summed E-state index contributed by atoms with van der Waals surface area (Å²) in [7, 11) is 6.09. The van der Waals surface area contributed by atoms with Crippen LogP contribution in [0.3, 0.4) is 0 Å². The quantitative estimate of drug-likeness (QED) is 0.328. The number of nitrogens with zero attached hydrogens (tertiary/aromatic N) is 2. The molecule has 0 radical (unpaired) electrons. The molecule has 0 spiro atoms. The first-order chi connectivity index (χ1) is 19.3. The summed E-state index contributed by atoms with van der Waals surface area (Å²) in [6, 6.07) is 15.8. The molecule has 3 aromatic carbocycles. The van der Waals surface area contributed by atoms with Gasteiger partial charge < -0.3 is 28.7 Å². The Morgan fingerprint density at radius 3 is 1.77 bits per heavy atom. The third-order valence-corrected chi connectivity index (χ3v) is 7.32. The number of rotatable bonds is 8. The molecular formula is C30H30Cl2N2O6. The van der Waals surface area contributed by atoms with Crippen LogP contribution in [0.25, 0.3) is 5.57 Å². The average molecular weight is 585 g/mol. The fourth-order valence-electron chi connectivity index (χ4n) is 4.56. The highest BCUT2D eigenvalue weighted by molar-refractivity contribution is 6.38. The van der Waals surface area contributed by atoms with Crippen molar-refractivity contribution in [3.05, 3.63) is 87.4 Å². The Hall–Kier alpha value is -3.88. The molecule has 0 N–H and O–H groups in total. The van der Waals surface area contributed by atoms with Crippen LogP contribution in [-0.2, 0) is 4.79 Å². The third kappa shape index (κ3) is 6.13. The molecule has 8 nitrogen and oxygen atoms in total. The molecule has 0 unspecified atom stereocenters. The molecule has 0 aromatic heterocycles. The van der Waals surface area contributed by atoms with Crippen molar-refractivity contribution in [2.45, 2.75) is 0 Å². The molecule has 0 bridgehead atoms. The third-order valence-electron chi connectivity index (χ3n) is 6.69. The van der Waals surface area contributed by atoms with Crippen LogP contribution in [0.1, 0.15) is 21.5 Å². The van der Waals surface area contributed by atoms with E-state index in [0.717, 1.165) is 5.56 Å². The van der Waals surface area contributed by atoms with E-state index in [4.69, 9.17) is 42.1 Å². The maximum Gasteiger partial charge on any atom is 0.254 e. The van der Waals surface area contributed by atoms with E-state index < -0.39 is 0 Å². The Morgan fingerprint density at radius 1 is 0.725 bits per heavy atom. The largest absolute Gasteiger partial charge is 0.497 e. The summed E-state index contributed by atoms with van der Waals surface area (Å²) in [4.78, 5) is 30.2. The summed E-state index contributed by atoms with van der Waals surface area (Å²) >= 11 is 13.1. The molecule has 0 aliphatic carbocycles. The lowest BCUT2D eigenvalue weighted by Gasteiger charge is -2.34. The Labute approximate surface area is 243 Å². The van der Waals surface area contributed by atoms with Gasteiger partial charge in [-0.25, -0.2) is 0 Å². The molecule has 1 heterocycles. The number of hydrogen-bond acceptors (Lipinski definition) is 6. The van der Waals surface area contributed by atoms with Gasteiger partial charge in [-0.3, -0.25) is 9.59 Å². The summed E-state index contributed by atoms with van der Waals surface area (Å²) in [6.45, 7) is 1.44. The van der Waals surface area contributed by atoms with Gasteiger partial charge in [0.05, 0.1) is 28.4 Å². The zero-order valence-electron chi connectivity index (χ0n) is 22.7. The second-order valence-electron chi connectivity index (χ2n) is 8.91. The van der Waals surface area contributed by atoms with Crippen LogP contribution in [0.5, 0.6) is 23.0 Å². The van der Waals surface area contributed by atoms with E-state index in [1.807, 2.05) is 24.3 Å². The van der Waals surface area contributed by atoms with Crippen molar-refractivity contribution >= 4 is 40.6 Å². The lowest BCUT2D eigenvalue weighted by Crippen LogP contribution is -2.50. The minimum Gasteiger partial charge on any atom is -0.497 e. The first-order valence-corrected chi connectivity index (χ1v) is 13.3. The number of amides is 2. The van der Waals surface area contributed by atoms with E-state index in [0.29, 0.717) is 75.9 Å². The first kappa shape index (κ1) is 29.1. The molecular weight excluding hydrogens is 555 g/mol. The molecule has 2 amide bonds. The smallest absolute Gasteiger partial charge is 0.254 e. The van der Waals surface area contributed by atoms with Crippen LogP contribution in [0.15, 0.2) is 60.7 Å². The van der Waals surface area contributed by atoms with Crippen molar-refractivity contribution < 1.29 is 28.5 Å². The van der Waals surface area contributed by atoms with Gasteiger partial charge in [0.25, 0.3) is 5.91 Å². The molecule has 0 saturated carbocycles. The van der Waals surface area contributed by atoms with E-state index in [1.54, 1.807) is 53.3 Å². The minimum absolute atomic E-state index is 0.191. The molecule has 0 atom stereocenters. The number of methoxy groups -OCH3 is 4. The van der Waals surface area contributed by atoms with Crippen LogP contribution in [0.4, 0.5) is 0 Å². The number of carbonyl (C=O) groups is 2. The Morgan fingerprint density at radius 2 is 1.27 bits per heavy atom. The zero-order chi connectivity index (χ0) is 28.8. The van der Waals surface area contributed by atoms with Gasteiger partial charge in [0.2, 0.25) is 11.7 Å². The first-order valence-electron chi connectivity index (χ1n) is 12.5. The molecule has 4 rings (SSSR count). The second-order valence-corrected chi connectivity index (χ2v) is 9.73. The maximum atomic E-state index is 13.5. The van der Waals surface area contributed by atoms with E-state index in [1.165, 1.54) is 21.3 Å². The van der Waals surface area contributed by atoms with Gasteiger partial charge in [0.15, 0.2) is 11.5 Å². The Bertz CT molecular complexity index is 1370. The van der Waals surface area contributed by atoms with Crippen LogP contribution in [0, 0.1) is 0 Å². The van der Waals surface area contributed by atoms with E-state index in [9.17, 15) is 9.59 Å². The molecule has 1 saturated heterocycles. The Kier molecular flexibility index (Phi) is 9.45. The summed E-state index contributed by atoms with van der Waals surface area (Å²) in [5, 5.41) is 0.867. The van der Waals surface area contributed by atoms with Crippen molar-refractivity contribution in [1.82, 2.24) is 9.80 Å². The highest BCUT2D eigenvalue weighted by Gasteiger charge is 2.27. The number of benzene rings is 3. The average Bonchev–Trinajstić information content (AvgIpc) is 2.99. The summed E-state index contributed by atoms with van der Waals surface area (Å²) in [5.74, 6) is 1.50. The summed E-state index contributed by atoms with van der Waals surface area (Å²) in [5.41, 5.74) is 2.34. The van der Waals surface area contributed by atoms with Crippen LogP contribution >= 0.6 is 23.2 Å². The van der Waals surface area contributed by atoms with Crippen molar-refractivity contribution in [3.8, 4) is 23.0 Å². The van der Waals surface area contributed by atoms with Gasteiger partial charge in [-0.1, -0.05) is 41.4 Å². The van der Waals surface area contributed by atoms with Gasteiger partial charge >= 0.3 is 0 Å². The fraction of sp³-hybridized carbons (Fsp3) is 0.267. The molecule has 1 aliphatic rings. The normalized spacial score (nSPS) is 13.6. The lowest BCUT2D eigenvalue weighted by atomic mass is 9.96. The van der Waals surface area contributed by atoms with E-state index >= 15 is 0 Å². The van der Waals surface area contributed by atoms with Crippen molar-refractivity contribution in [1.29, 1.82) is 0 Å². The number of ether oxygens (including phenoxy) is 4. The highest BCUT2D eigenvalue weighted by atomic mass is 35.5. The van der Waals surface area contributed by atoms with Gasteiger partial charge in [-0.2, -0.15) is 0 Å². The van der Waals surface area contributed by atoms with Crippen molar-refractivity contribution in [2.24, 2.45) is 0 Å². The number of piperazine rings is 1.